The molecule has 2 aromatic heterocycles. The van der Waals surface area contributed by atoms with Crippen LogP contribution in [0.15, 0.2) is 44.8 Å². The van der Waals surface area contributed by atoms with Gasteiger partial charge < -0.3 is 19.0 Å². The van der Waals surface area contributed by atoms with Crippen molar-refractivity contribution in [2.24, 2.45) is 0 Å². The van der Waals surface area contributed by atoms with Crippen LogP contribution in [0.4, 0.5) is 11.5 Å². The van der Waals surface area contributed by atoms with Crippen LogP contribution in [0.2, 0.25) is 0 Å². The number of amides is 1. The van der Waals surface area contributed by atoms with E-state index in [-0.39, 0.29) is 31.0 Å². The van der Waals surface area contributed by atoms with Gasteiger partial charge in [0.25, 0.3) is 5.91 Å². The fourth-order valence-electron chi connectivity index (χ4n) is 4.44. The van der Waals surface area contributed by atoms with Gasteiger partial charge in [0.1, 0.15) is 18.0 Å². The molecule has 3 aromatic rings. The van der Waals surface area contributed by atoms with E-state index >= 15 is 0 Å². The van der Waals surface area contributed by atoms with Crippen molar-refractivity contribution < 1.29 is 18.7 Å². The fraction of sp³-hybridized carbons (Fsp3) is 0.391. The lowest BCUT2D eigenvalue weighted by molar-refractivity contribution is -0.141. The molecular weight excluding hydrogens is 472 g/mol. The molecule has 2 aliphatic heterocycles. The summed E-state index contributed by atoms with van der Waals surface area (Å²) < 4.78 is 11.3. The van der Waals surface area contributed by atoms with Gasteiger partial charge in [0, 0.05) is 43.5 Å². The van der Waals surface area contributed by atoms with Crippen molar-refractivity contribution in [1.29, 1.82) is 0 Å². The summed E-state index contributed by atoms with van der Waals surface area (Å²) in [5, 5.41) is 4.86. The molecule has 0 bridgehead atoms. The second-order valence-corrected chi connectivity index (χ2v) is 9.06. The first kappa shape index (κ1) is 23.1. The summed E-state index contributed by atoms with van der Waals surface area (Å²) in [4.78, 5) is 49.7. The average Bonchev–Trinajstić information content (AvgIpc) is 3.45. The minimum Gasteiger partial charge on any atom is -0.464 e. The molecule has 1 atom stereocenters. The van der Waals surface area contributed by atoms with E-state index in [9.17, 15) is 14.4 Å². The number of esters is 1. The maximum atomic E-state index is 13.6. The highest BCUT2D eigenvalue weighted by Gasteiger charge is 2.37. The summed E-state index contributed by atoms with van der Waals surface area (Å²) in [5.41, 5.74) is 1.69. The van der Waals surface area contributed by atoms with Crippen molar-refractivity contribution in [3.05, 3.63) is 46.6 Å². The molecule has 0 spiro atoms. The summed E-state index contributed by atoms with van der Waals surface area (Å²) in [6.07, 6.45) is 5.51. The Morgan fingerprint density at radius 1 is 1.31 bits per heavy atom. The lowest BCUT2D eigenvalue weighted by Crippen LogP contribution is -2.39. The van der Waals surface area contributed by atoms with Crippen LogP contribution in [0.3, 0.4) is 0 Å². The van der Waals surface area contributed by atoms with Crippen molar-refractivity contribution in [2.75, 3.05) is 35.8 Å². The molecule has 1 aromatic carbocycles. The number of aromatic nitrogens is 4. The van der Waals surface area contributed by atoms with Crippen LogP contribution in [0.5, 0.6) is 0 Å². The van der Waals surface area contributed by atoms with E-state index < -0.39 is 11.7 Å². The van der Waals surface area contributed by atoms with Gasteiger partial charge in [-0.3, -0.25) is 9.59 Å². The standard InChI is InChI=1S/C23H24N6O5S/c1-14(30)33-10-9-29-23(32)34-20(26-29)15-5-3-6-16(11-15)28-13-17-7-4-8-27(17)19-18(21(28)31)12-24-22(25-19)35-2/h3,5-6,11-12,17H,4,7-10,13H2,1-2H3. The highest BCUT2D eigenvalue weighted by molar-refractivity contribution is 7.98. The van der Waals surface area contributed by atoms with E-state index in [0.717, 1.165) is 24.1 Å². The topological polar surface area (TPSA) is 124 Å². The maximum absolute atomic E-state index is 13.6. The maximum Gasteiger partial charge on any atom is 0.437 e. The van der Waals surface area contributed by atoms with Gasteiger partial charge in [-0.05, 0) is 37.3 Å². The van der Waals surface area contributed by atoms with Crippen LogP contribution < -0.4 is 15.6 Å². The Bertz CT molecular complexity index is 1340. The summed E-state index contributed by atoms with van der Waals surface area (Å²) in [6, 6.07) is 7.32. The number of anilines is 2. The van der Waals surface area contributed by atoms with E-state index in [1.54, 1.807) is 29.3 Å². The van der Waals surface area contributed by atoms with Crippen molar-refractivity contribution in [2.45, 2.75) is 37.5 Å². The zero-order valence-electron chi connectivity index (χ0n) is 19.3. The lowest BCUT2D eigenvalue weighted by atomic mass is 10.1. The summed E-state index contributed by atoms with van der Waals surface area (Å²) in [7, 11) is 0. The van der Waals surface area contributed by atoms with Gasteiger partial charge in [-0.25, -0.2) is 14.8 Å². The molecule has 0 saturated carbocycles. The van der Waals surface area contributed by atoms with Gasteiger partial charge in [-0.1, -0.05) is 17.8 Å². The quantitative estimate of drug-likeness (QED) is 0.285. The molecule has 2 aliphatic rings. The number of thioether (sulfide) groups is 1. The van der Waals surface area contributed by atoms with Crippen molar-refractivity contribution >= 4 is 35.1 Å². The number of rotatable bonds is 6. The zero-order valence-corrected chi connectivity index (χ0v) is 20.2. The van der Waals surface area contributed by atoms with Crippen LogP contribution in [-0.4, -0.2) is 63.6 Å². The largest absolute Gasteiger partial charge is 0.464 e. The molecule has 1 fully saturated rings. The number of fused-ring (bicyclic) bond motifs is 3. The minimum atomic E-state index is -0.652. The Balaban J connectivity index is 1.46. The Kier molecular flexibility index (Phi) is 6.29. The first-order valence-electron chi connectivity index (χ1n) is 11.3. The van der Waals surface area contributed by atoms with Crippen LogP contribution in [-0.2, 0) is 16.1 Å². The second kappa shape index (κ2) is 9.53. The molecule has 12 heteroatoms. The van der Waals surface area contributed by atoms with Crippen LogP contribution in [0.25, 0.3) is 11.5 Å². The molecule has 182 valence electrons. The predicted octanol–water partition coefficient (Wildman–Crippen LogP) is 2.21. The summed E-state index contributed by atoms with van der Waals surface area (Å²) >= 11 is 1.45. The van der Waals surface area contributed by atoms with E-state index in [1.165, 1.54) is 18.7 Å². The van der Waals surface area contributed by atoms with E-state index in [1.807, 2.05) is 12.3 Å². The normalized spacial score (nSPS) is 17.2. The fourth-order valence-corrected chi connectivity index (χ4v) is 4.77. The van der Waals surface area contributed by atoms with Crippen molar-refractivity contribution in [3.8, 4) is 11.5 Å². The number of hydrogen-bond acceptors (Lipinski definition) is 10. The van der Waals surface area contributed by atoms with E-state index in [2.05, 4.69) is 20.0 Å². The predicted molar refractivity (Wildman–Crippen MR) is 129 cm³/mol. The number of nitrogens with zero attached hydrogens (tertiary/aromatic N) is 6. The van der Waals surface area contributed by atoms with E-state index in [0.29, 0.717) is 34.3 Å². The van der Waals surface area contributed by atoms with Crippen LogP contribution in [0, 0.1) is 0 Å². The Morgan fingerprint density at radius 3 is 2.97 bits per heavy atom. The Labute approximate surface area is 205 Å². The third-order valence-corrected chi connectivity index (χ3v) is 6.63. The third-order valence-electron chi connectivity index (χ3n) is 6.07. The van der Waals surface area contributed by atoms with Gasteiger partial charge in [0.2, 0.25) is 5.89 Å². The molecule has 0 N–H and O–H groups in total. The number of hydrogen-bond donors (Lipinski definition) is 0. The number of ether oxygens (including phenoxy) is 1. The molecule has 4 heterocycles. The molecular formula is C23H24N6O5S. The number of benzene rings is 1. The summed E-state index contributed by atoms with van der Waals surface area (Å²) in [5.74, 6) is -0.451. The van der Waals surface area contributed by atoms with E-state index in [4.69, 9.17) is 9.15 Å². The van der Waals surface area contributed by atoms with Gasteiger partial charge in [-0.15, -0.1) is 5.10 Å². The van der Waals surface area contributed by atoms with Crippen LogP contribution in [0.1, 0.15) is 30.1 Å². The third kappa shape index (κ3) is 4.53. The lowest BCUT2D eigenvalue weighted by Gasteiger charge is -2.27. The van der Waals surface area contributed by atoms with Gasteiger partial charge >= 0.3 is 11.7 Å². The van der Waals surface area contributed by atoms with Gasteiger partial charge in [0.05, 0.1) is 6.54 Å². The van der Waals surface area contributed by atoms with Crippen molar-refractivity contribution in [1.82, 2.24) is 19.7 Å². The molecule has 1 amide bonds. The molecule has 1 saturated heterocycles. The zero-order chi connectivity index (χ0) is 24.5. The average molecular weight is 497 g/mol. The monoisotopic (exact) mass is 496 g/mol. The number of carbonyl (C=O) groups excluding carboxylic acids is 2. The van der Waals surface area contributed by atoms with Gasteiger partial charge in [-0.2, -0.15) is 4.68 Å². The molecule has 5 rings (SSSR count). The smallest absolute Gasteiger partial charge is 0.437 e. The summed E-state index contributed by atoms with van der Waals surface area (Å²) in [6.45, 7) is 2.75. The molecule has 0 aliphatic carbocycles. The SMILES string of the molecule is CSc1ncc2c(n1)N1CCCC1CN(c1cccc(-c3nn(CCOC(C)=O)c(=O)o3)c1)C2=O. The Morgan fingerprint density at radius 2 is 2.17 bits per heavy atom. The molecule has 35 heavy (non-hydrogen) atoms. The van der Waals surface area contributed by atoms with Gasteiger partial charge in [0.15, 0.2) is 5.16 Å². The molecule has 1 unspecified atom stereocenters. The highest BCUT2D eigenvalue weighted by Crippen LogP contribution is 2.35. The minimum absolute atomic E-state index is 0.0150. The van der Waals surface area contributed by atoms with Crippen molar-refractivity contribution in [3.63, 3.8) is 0 Å². The van der Waals surface area contributed by atoms with Crippen LogP contribution >= 0.6 is 11.8 Å². The number of carbonyl (C=O) groups is 2. The molecule has 11 nitrogen and oxygen atoms in total. The first-order valence-corrected chi connectivity index (χ1v) is 12.5. The Hall–Kier alpha value is -3.67. The molecule has 0 radical (unpaired) electrons. The second-order valence-electron chi connectivity index (χ2n) is 8.29. The highest BCUT2D eigenvalue weighted by atomic mass is 32.2. The first-order chi connectivity index (χ1) is 16.9.